The van der Waals surface area contributed by atoms with E-state index in [1.54, 1.807) is 24.3 Å². The lowest BCUT2D eigenvalue weighted by molar-refractivity contribution is -0.126. The van der Waals surface area contributed by atoms with Crippen molar-refractivity contribution in [3.8, 4) is 6.07 Å². The fourth-order valence-electron chi connectivity index (χ4n) is 4.11. The zero-order chi connectivity index (χ0) is 22.5. The molecule has 1 fully saturated rings. The predicted octanol–water partition coefficient (Wildman–Crippen LogP) is 1.78. The van der Waals surface area contributed by atoms with E-state index in [-0.39, 0.29) is 24.3 Å². The summed E-state index contributed by atoms with van der Waals surface area (Å²) in [6.07, 6.45) is 1.53. The first kappa shape index (κ1) is 21.5. The number of likely N-dealkylation sites (tertiary alicyclic amines) is 1. The zero-order valence-corrected chi connectivity index (χ0v) is 17.6. The first-order chi connectivity index (χ1) is 15.5. The summed E-state index contributed by atoms with van der Waals surface area (Å²) in [5.41, 5.74) is 2.64. The third-order valence-corrected chi connectivity index (χ3v) is 5.88. The maximum Gasteiger partial charge on any atom is 0.254 e. The van der Waals surface area contributed by atoms with Crippen molar-refractivity contribution in [2.45, 2.75) is 37.9 Å². The Morgan fingerprint density at radius 1 is 1.09 bits per heavy atom. The molecule has 164 valence electrons. The molecule has 0 saturated carbocycles. The van der Waals surface area contributed by atoms with Crippen LogP contribution in [0.2, 0.25) is 0 Å². The molecule has 4 rings (SSSR count). The fraction of sp³-hybridized carbons (Fsp3) is 0.333. The number of piperidine rings is 1. The van der Waals surface area contributed by atoms with E-state index in [1.807, 2.05) is 24.3 Å². The Balaban J connectivity index is 1.25. The maximum absolute atomic E-state index is 12.6. The van der Waals surface area contributed by atoms with Gasteiger partial charge in [0, 0.05) is 25.7 Å². The van der Waals surface area contributed by atoms with Gasteiger partial charge < -0.3 is 16.0 Å². The van der Waals surface area contributed by atoms with Gasteiger partial charge in [0.2, 0.25) is 11.8 Å². The molecule has 1 unspecified atom stereocenters. The summed E-state index contributed by atoms with van der Waals surface area (Å²) in [4.78, 5) is 39.8. The van der Waals surface area contributed by atoms with Gasteiger partial charge in [0.05, 0.1) is 29.3 Å². The Morgan fingerprint density at radius 2 is 1.81 bits per heavy atom. The number of benzene rings is 2. The van der Waals surface area contributed by atoms with Crippen molar-refractivity contribution < 1.29 is 14.4 Å². The van der Waals surface area contributed by atoms with Crippen molar-refractivity contribution in [2.24, 2.45) is 0 Å². The van der Waals surface area contributed by atoms with Crippen LogP contribution in [-0.4, -0.2) is 47.8 Å². The number of fused-ring (bicyclic) bond motifs is 1. The molecule has 0 aromatic heterocycles. The van der Waals surface area contributed by atoms with Crippen molar-refractivity contribution in [2.75, 3.05) is 18.4 Å². The van der Waals surface area contributed by atoms with E-state index >= 15 is 0 Å². The predicted molar refractivity (Wildman–Crippen MR) is 119 cm³/mol. The number of nitrogens with one attached hydrogen (secondary N) is 3. The van der Waals surface area contributed by atoms with Gasteiger partial charge >= 0.3 is 0 Å². The van der Waals surface area contributed by atoms with Crippen molar-refractivity contribution in [3.63, 3.8) is 0 Å². The molecule has 32 heavy (non-hydrogen) atoms. The number of hydrogen-bond donors (Lipinski definition) is 3. The number of amides is 3. The van der Waals surface area contributed by atoms with Gasteiger partial charge in [-0.25, -0.2) is 0 Å². The van der Waals surface area contributed by atoms with Crippen molar-refractivity contribution in [1.29, 1.82) is 5.26 Å². The summed E-state index contributed by atoms with van der Waals surface area (Å²) in [5, 5.41) is 17.3. The molecule has 8 heteroatoms. The van der Waals surface area contributed by atoms with E-state index < -0.39 is 11.9 Å². The second kappa shape index (κ2) is 9.62. The number of carbonyl (C=O) groups is 3. The van der Waals surface area contributed by atoms with Crippen LogP contribution in [0.15, 0.2) is 48.5 Å². The molecule has 2 aromatic rings. The van der Waals surface area contributed by atoms with Gasteiger partial charge in [-0.1, -0.05) is 24.3 Å². The molecule has 1 atom stereocenters. The van der Waals surface area contributed by atoms with E-state index in [1.165, 1.54) is 0 Å². The van der Waals surface area contributed by atoms with Crippen molar-refractivity contribution in [3.05, 3.63) is 65.2 Å². The highest BCUT2D eigenvalue weighted by Crippen LogP contribution is 2.19. The fourth-order valence-corrected chi connectivity index (χ4v) is 4.11. The van der Waals surface area contributed by atoms with Crippen LogP contribution in [0.5, 0.6) is 0 Å². The van der Waals surface area contributed by atoms with E-state index in [4.69, 9.17) is 5.26 Å². The number of anilines is 1. The van der Waals surface area contributed by atoms with Gasteiger partial charge in [0.1, 0.15) is 6.04 Å². The Labute approximate surface area is 186 Å². The molecule has 1 saturated heterocycles. The lowest BCUT2D eigenvalue weighted by Gasteiger charge is -2.32. The highest BCUT2D eigenvalue weighted by atomic mass is 16.2. The third-order valence-electron chi connectivity index (χ3n) is 5.88. The average molecular weight is 431 g/mol. The second-order valence-electron chi connectivity index (χ2n) is 8.19. The first-order valence-corrected chi connectivity index (χ1v) is 10.7. The summed E-state index contributed by atoms with van der Waals surface area (Å²) in [6, 6.07) is 15.6. The van der Waals surface area contributed by atoms with Crippen LogP contribution in [0.1, 0.15) is 40.7 Å². The molecular weight excluding hydrogens is 406 g/mol. The zero-order valence-electron chi connectivity index (χ0n) is 17.6. The Bertz CT molecular complexity index is 1050. The van der Waals surface area contributed by atoms with Crippen molar-refractivity contribution in [1.82, 2.24) is 15.5 Å². The van der Waals surface area contributed by atoms with E-state index in [0.717, 1.165) is 38.0 Å². The minimum absolute atomic E-state index is 0.0430. The second-order valence-corrected chi connectivity index (χ2v) is 8.19. The molecule has 2 aliphatic rings. The van der Waals surface area contributed by atoms with Gasteiger partial charge in [0.25, 0.3) is 5.91 Å². The molecule has 0 spiro atoms. The van der Waals surface area contributed by atoms with Gasteiger partial charge in [-0.2, -0.15) is 5.26 Å². The van der Waals surface area contributed by atoms with Gasteiger partial charge in [-0.3, -0.25) is 19.3 Å². The molecule has 8 nitrogen and oxygen atoms in total. The normalized spacial score (nSPS) is 19.2. The Hall–Kier alpha value is -3.70. The quantitative estimate of drug-likeness (QED) is 0.668. The Kier molecular flexibility index (Phi) is 6.47. The SMILES string of the molecule is N#Cc1ccc(CN2CCC(NC(=O)CC3NC(=O)c4ccccc4NC3=O)CC2)cc1. The molecule has 2 aromatic carbocycles. The van der Waals surface area contributed by atoms with E-state index in [9.17, 15) is 14.4 Å². The minimum atomic E-state index is -0.911. The molecule has 0 bridgehead atoms. The summed E-state index contributed by atoms with van der Waals surface area (Å²) in [7, 11) is 0. The number of rotatable bonds is 5. The number of para-hydroxylation sites is 1. The number of carbonyl (C=O) groups excluding carboxylic acids is 3. The van der Waals surface area contributed by atoms with Gasteiger partial charge in [-0.05, 0) is 42.7 Å². The molecule has 3 amide bonds. The summed E-state index contributed by atoms with van der Waals surface area (Å²) < 4.78 is 0. The monoisotopic (exact) mass is 431 g/mol. The van der Waals surface area contributed by atoms with E-state index in [0.29, 0.717) is 16.8 Å². The number of nitrogens with zero attached hydrogens (tertiary/aromatic N) is 2. The third kappa shape index (κ3) is 5.13. The summed E-state index contributed by atoms with van der Waals surface area (Å²) in [5.74, 6) is -1.01. The summed E-state index contributed by atoms with van der Waals surface area (Å²) >= 11 is 0. The molecule has 2 aliphatic heterocycles. The highest BCUT2D eigenvalue weighted by Gasteiger charge is 2.30. The van der Waals surface area contributed by atoms with E-state index in [2.05, 4.69) is 26.9 Å². The number of nitriles is 1. The van der Waals surface area contributed by atoms with Crippen LogP contribution >= 0.6 is 0 Å². The van der Waals surface area contributed by atoms with Crippen LogP contribution in [0.4, 0.5) is 5.69 Å². The standard InChI is InChI=1S/C24H25N5O3/c25-14-16-5-7-17(8-6-16)15-29-11-9-18(10-12-29)26-22(30)13-21-24(32)27-20-4-2-1-3-19(20)23(31)28-21/h1-8,18,21H,9-13,15H2,(H,26,30)(H,27,32)(H,28,31). The molecule has 2 heterocycles. The lowest BCUT2D eigenvalue weighted by Crippen LogP contribution is -2.48. The highest BCUT2D eigenvalue weighted by molar-refractivity contribution is 6.10. The molecular formula is C24H25N5O3. The summed E-state index contributed by atoms with van der Waals surface area (Å²) in [6.45, 7) is 2.50. The van der Waals surface area contributed by atoms with Crippen LogP contribution in [0.3, 0.4) is 0 Å². The average Bonchev–Trinajstić information content (AvgIpc) is 2.91. The van der Waals surface area contributed by atoms with Gasteiger partial charge in [0.15, 0.2) is 0 Å². The molecule has 3 N–H and O–H groups in total. The van der Waals surface area contributed by atoms with Crippen LogP contribution in [-0.2, 0) is 16.1 Å². The molecule has 0 aliphatic carbocycles. The van der Waals surface area contributed by atoms with Crippen molar-refractivity contribution >= 4 is 23.4 Å². The minimum Gasteiger partial charge on any atom is -0.353 e. The topological polar surface area (TPSA) is 114 Å². The first-order valence-electron chi connectivity index (χ1n) is 10.7. The van der Waals surface area contributed by atoms with Gasteiger partial charge in [-0.15, -0.1) is 0 Å². The lowest BCUT2D eigenvalue weighted by atomic mass is 10.0. The van der Waals surface area contributed by atoms with Crippen LogP contribution in [0, 0.1) is 11.3 Å². The Morgan fingerprint density at radius 3 is 2.53 bits per heavy atom. The maximum atomic E-state index is 12.6. The van der Waals surface area contributed by atoms with Crippen LogP contribution in [0.25, 0.3) is 0 Å². The van der Waals surface area contributed by atoms with Crippen LogP contribution < -0.4 is 16.0 Å². The smallest absolute Gasteiger partial charge is 0.254 e. The molecule has 0 radical (unpaired) electrons. The number of hydrogen-bond acceptors (Lipinski definition) is 5. The largest absolute Gasteiger partial charge is 0.353 e.